The van der Waals surface area contributed by atoms with Crippen LogP contribution in [-0.4, -0.2) is 19.7 Å². The summed E-state index contributed by atoms with van der Waals surface area (Å²) in [4.78, 5) is 7.86. The third-order valence-electron chi connectivity index (χ3n) is 2.76. The van der Waals surface area contributed by atoms with E-state index in [0.29, 0.717) is 18.5 Å². The van der Waals surface area contributed by atoms with E-state index in [9.17, 15) is 4.39 Å². The number of hydrogen-bond donors (Lipinski definition) is 2. The number of hydrazine groups is 1. The molecule has 0 bridgehead atoms. The van der Waals surface area contributed by atoms with Crippen LogP contribution in [0.5, 0.6) is 0 Å². The Labute approximate surface area is 104 Å². The fourth-order valence-corrected chi connectivity index (χ4v) is 1.82. The molecule has 2 aromatic heterocycles. The van der Waals surface area contributed by atoms with Crippen molar-refractivity contribution in [2.24, 2.45) is 5.84 Å². The number of nitrogens with one attached hydrogen (secondary N) is 1. The van der Waals surface area contributed by atoms with Gasteiger partial charge in [-0.1, -0.05) is 0 Å². The second kappa shape index (κ2) is 5.65. The van der Waals surface area contributed by atoms with Gasteiger partial charge in [-0.15, -0.1) is 0 Å². The molecule has 2 rings (SSSR count). The van der Waals surface area contributed by atoms with Crippen LogP contribution in [0.25, 0.3) is 0 Å². The van der Waals surface area contributed by atoms with Crippen molar-refractivity contribution in [1.29, 1.82) is 0 Å². The van der Waals surface area contributed by atoms with Gasteiger partial charge in [0.2, 0.25) is 0 Å². The van der Waals surface area contributed by atoms with Gasteiger partial charge in [-0.25, -0.2) is 9.37 Å². The minimum atomic E-state index is -0.386. The first-order valence-corrected chi connectivity index (χ1v) is 5.68. The van der Waals surface area contributed by atoms with E-state index in [1.54, 1.807) is 10.7 Å². The van der Waals surface area contributed by atoms with E-state index in [4.69, 9.17) is 5.84 Å². The van der Waals surface area contributed by atoms with Crippen molar-refractivity contribution in [2.45, 2.75) is 25.9 Å². The van der Waals surface area contributed by atoms with Crippen LogP contribution in [0.1, 0.15) is 24.4 Å². The molecule has 96 valence electrons. The Balaban J connectivity index is 2.23. The molecular weight excluding hydrogens is 235 g/mol. The monoisotopic (exact) mass is 250 g/mol. The molecule has 7 heteroatoms. The zero-order valence-corrected chi connectivity index (χ0v) is 10.0. The van der Waals surface area contributed by atoms with Crippen molar-refractivity contribution in [3.8, 4) is 0 Å². The summed E-state index contributed by atoms with van der Waals surface area (Å²) in [6.45, 7) is 2.68. The van der Waals surface area contributed by atoms with Crippen LogP contribution < -0.4 is 11.3 Å². The van der Waals surface area contributed by atoms with Crippen LogP contribution in [0.2, 0.25) is 0 Å². The largest absolute Gasteiger partial charge is 0.271 e. The molecule has 0 fully saturated rings. The molecule has 0 amide bonds. The summed E-state index contributed by atoms with van der Waals surface area (Å²) in [6, 6.07) is 1.24. The van der Waals surface area contributed by atoms with E-state index in [-0.39, 0.29) is 11.9 Å². The maximum atomic E-state index is 13.6. The van der Waals surface area contributed by atoms with Gasteiger partial charge in [-0.3, -0.25) is 20.9 Å². The van der Waals surface area contributed by atoms with Gasteiger partial charge in [0.05, 0.1) is 12.2 Å². The topological polar surface area (TPSA) is 81.7 Å². The molecule has 0 saturated heterocycles. The van der Waals surface area contributed by atoms with E-state index >= 15 is 0 Å². The highest BCUT2D eigenvalue weighted by Gasteiger charge is 2.17. The molecule has 6 nitrogen and oxygen atoms in total. The standard InChI is InChI=1S/C11H15FN6/c1-2-18-11(15-7-16-18)5-10(17-13)8-3-4-14-6-9(8)12/h3-4,6-7,10,17H,2,5,13H2,1H3. The number of hydrogen-bond acceptors (Lipinski definition) is 5. The normalized spacial score (nSPS) is 12.6. The minimum absolute atomic E-state index is 0.359. The van der Waals surface area contributed by atoms with Gasteiger partial charge in [0.25, 0.3) is 0 Å². The summed E-state index contributed by atoms with van der Waals surface area (Å²) in [5, 5.41) is 4.07. The highest BCUT2D eigenvalue weighted by atomic mass is 19.1. The Bertz CT molecular complexity index is 512. The number of nitrogens with two attached hydrogens (primary N) is 1. The molecule has 1 atom stereocenters. The molecule has 18 heavy (non-hydrogen) atoms. The van der Waals surface area contributed by atoms with Gasteiger partial charge in [-0.2, -0.15) is 5.10 Å². The van der Waals surface area contributed by atoms with Crippen LogP contribution in [0.4, 0.5) is 4.39 Å². The Hall–Kier alpha value is -1.86. The molecule has 0 radical (unpaired) electrons. The zero-order chi connectivity index (χ0) is 13.0. The van der Waals surface area contributed by atoms with Gasteiger partial charge in [-0.05, 0) is 13.0 Å². The highest BCUT2D eigenvalue weighted by molar-refractivity contribution is 5.18. The predicted molar refractivity (Wildman–Crippen MR) is 63.7 cm³/mol. The number of pyridine rings is 1. The summed E-state index contributed by atoms with van der Waals surface area (Å²) in [5.74, 6) is 5.86. The summed E-state index contributed by atoms with van der Waals surface area (Å²) in [5.41, 5.74) is 3.07. The van der Waals surface area contributed by atoms with E-state index in [0.717, 1.165) is 5.82 Å². The first-order valence-electron chi connectivity index (χ1n) is 5.68. The second-order valence-electron chi connectivity index (χ2n) is 3.81. The lowest BCUT2D eigenvalue weighted by Gasteiger charge is -2.16. The van der Waals surface area contributed by atoms with E-state index in [1.165, 1.54) is 18.7 Å². The molecular formula is C11H15FN6. The Morgan fingerprint density at radius 2 is 2.39 bits per heavy atom. The molecule has 1 unspecified atom stereocenters. The maximum Gasteiger partial charge on any atom is 0.146 e. The smallest absolute Gasteiger partial charge is 0.146 e. The Morgan fingerprint density at radius 3 is 3.06 bits per heavy atom. The summed E-state index contributed by atoms with van der Waals surface area (Å²) >= 11 is 0. The lowest BCUT2D eigenvalue weighted by Crippen LogP contribution is -2.31. The highest BCUT2D eigenvalue weighted by Crippen LogP contribution is 2.18. The molecule has 0 aromatic carbocycles. The average Bonchev–Trinajstić information content (AvgIpc) is 2.84. The third-order valence-corrected chi connectivity index (χ3v) is 2.76. The molecule has 0 aliphatic rings. The lowest BCUT2D eigenvalue weighted by atomic mass is 10.1. The first-order chi connectivity index (χ1) is 8.76. The van der Waals surface area contributed by atoms with Gasteiger partial charge in [0, 0.05) is 24.7 Å². The number of halogens is 1. The zero-order valence-electron chi connectivity index (χ0n) is 10.0. The Kier molecular flexibility index (Phi) is 3.96. The van der Waals surface area contributed by atoms with Crippen LogP contribution in [-0.2, 0) is 13.0 Å². The molecule has 2 heterocycles. The number of rotatable bonds is 5. The quantitative estimate of drug-likeness (QED) is 0.599. The molecule has 0 aliphatic carbocycles. The fourth-order valence-electron chi connectivity index (χ4n) is 1.82. The molecule has 0 saturated carbocycles. The van der Waals surface area contributed by atoms with Gasteiger partial charge in [0.1, 0.15) is 18.0 Å². The van der Waals surface area contributed by atoms with E-state index < -0.39 is 0 Å². The SMILES string of the molecule is CCn1ncnc1CC(NN)c1ccncc1F. The molecule has 0 spiro atoms. The fraction of sp³-hybridized carbons (Fsp3) is 0.364. The molecule has 3 N–H and O–H groups in total. The van der Waals surface area contributed by atoms with Crippen LogP contribution in [0, 0.1) is 5.82 Å². The van der Waals surface area contributed by atoms with Crippen LogP contribution in [0.3, 0.4) is 0 Å². The van der Waals surface area contributed by atoms with Crippen molar-refractivity contribution in [3.63, 3.8) is 0 Å². The van der Waals surface area contributed by atoms with Gasteiger partial charge in [0.15, 0.2) is 0 Å². The average molecular weight is 250 g/mol. The van der Waals surface area contributed by atoms with Crippen LogP contribution >= 0.6 is 0 Å². The van der Waals surface area contributed by atoms with Crippen molar-refractivity contribution < 1.29 is 4.39 Å². The summed E-state index contributed by atoms with van der Waals surface area (Å²) in [6.07, 6.45) is 4.65. The predicted octanol–water partition coefficient (Wildman–Crippen LogP) is 0.579. The van der Waals surface area contributed by atoms with Gasteiger partial charge < -0.3 is 0 Å². The summed E-state index contributed by atoms with van der Waals surface area (Å²) in [7, 11) is 0. The Morgan fingerprint density at radius 1 is 1.56 bits per heavy atom. The van der Waals surface area contributed by atoms with Crippen molar-refractivity contribution in [2.75, 3.05) is 0 Å². The lowest BCUT2D eigenvalue weighted by molar-refractivity contribution is 0.483. The van der Waals surface area contributed by atoms with Crippen molar-refractivity contribution in [1.82, 2.24) is 25.2 Å². The third kappa shape index (κ3) is 2.52. The van der Waals surface area contributed by atoms with E-state index in [2.05, 4.69) is 20.5 Å². The minimum Gasteiger partial charge on any atom is -0.271 e. The number of aryl methyl sites for hydroxylation is 1. The number of aromatic nitrogens is 4. The first kappa shape index (κ1) is 12.6. The van der Waals surface area contributed by atoms with Crippen molar-refractivity contribution in [3.05, 3.63) is 42.0 Å². The van der Waals surface area contributed by atoms with Crippen LogP contribution in [0.15, 0.2) is 24.8 Å². The second-order valence-corrected chi connectivity index (χ2v) is 3.81. The molecule has 0 aliphatic heterocycles. The maximum absolute atomic E-state index is 13.6. The number of nitrogens with zero attached hydrogens (tertiary/aromatic N) is 4. The van der Waals surface area contributed by atoms with Gasteiger partial charge >= 0.3 is 0 Å². The molecule has 2 aromatic rings. The van der Waals surface area contributed by atoms with Crippen molar-refractivity contribution >= 4 is 0 Å². The van der Waals surface area contributed by atoms with E-state index in [1.807, 2.05) is 6.92 Å². The summed E-state index contributed by atoms with van der Waals surface area (Å²) < 4.78 is 15.4.